The van der Waals surface area contributed by atoms with Gasteiger partial charge in [-0.25, -0.2) is 4.39 Å². The molecule has 6 heteroatoms. The Bertz CT molecular complexity index is 1190. The summed E-state index contributed by atoms with van der Waals surface area (Å²) < 4.78 is 16.0. The molecule has 30 heavy (non-hydrogen) atoms. The van der Waals surface area contributed by atoms with Crippen molar-refractivity contribution in [2.75, 3.05) is 13.6 Å². The summed E-state index contributed by atoms with van der Waals surface area (Å²) in [5.74, 6) is -0.341. The summed E-state index contributed by atoms with van der Waals surface area (Å²) in [7, 11) is 1.78. The molecule has 0 aliphatic heterocycles. The van der Waals surface area contributed by atoms with E-state index in [1.165, 1.54) is 12.1 Å². The number of fused-ring (bicyclic) bond motifs is 1. The maximum absolute atomic E-state index is 14.0. The molecule has 3 aromatic carbocycles. The predicted molar refractivity (Wildman–Crippen MR) is 122 cm³/mol. The second-order valence-corrected chi connectivity index (χ2v) is 8.06. The van der Waals surface area contributed by atoms with Gasteiger partial charge >= 0.3 is 0 Å². The van der Waals surface area contributed by atoms with Crippen LogP contribution in [-0.2, 0) is 0 Å². The molecule has 1 heterocycles. The summed E-state index contributed by atoms with van der Waals surface area (Å²) >= 11 is 12.6. The van der Waals surface area contributed by atoms with Crippen molar-refractivity contribution in [3.8, 4) is 11.1 Å². The molecule has 0 saturated heterocycles. The minimum absolute atomic E-state index is 0.341. The first-order valence-corrected chi connectivity index (χ1v) is 10.4. The Morgan fingerprint density at radius 1 is 1.00 bits per heavy atom. The quantitative estimate of drug-likeness (QED) is 0.388. The second kappa shape index (κ2) is 8.78. The van der Waals surface area contributed by atoms with Gasteiger partial charge in [-0.2, -0.15) is 0 Å². The van der Waals surface area contributed by atoms with Gasteiger partial charge < -0.3 is 15.0 Å². The highest BCUT2D eigenvalue weighted by atomic mass is 35.5. The van der Waals surface area contributed by atoms with Crippen LogP contribution in [0.15, 0.2) is 72.9 Å². The molecule has 1 aromatic heterocycles. The molecule has 2 N–H and O–H groups in total. The maximum Gasteiger partial charge on any atom is 0.123 e. The number of aliphatic hydroxyl groups is 1. The lowest BCUT2D eigenvalue weighted by molar-refractivity contribution is 0.132. The third-order valence-corrected chi connectivity index (χ3v) is 5.78. The summed E-state index contributed by atoms with van der Waals surface area (Å²) in [6.07, 6.45) is 1.19. The van der Waals surface area contributed by atoms with Gasteiger partial charge in [0.15, 0.2) is 0 Å². The van der Waals surface area contributed by atoms with E-state index in [9.17, 15) is 9.50 Å². The number of hydrogen-bond donors (Lipinski definition) is 2. The van der Waals surface area contributed by atoms with Crippen LogP contribution in [0.4, 0.5) is 4.39 Å². The van der Waals surface area contributed by atoms with Gasteiger partial charge in [-0.3, -0.25) is 0 Å². The zero-order chi connectivity index (χ0) is 21.3. The topological polar surface area (TPSA) is 37.2 Å². The standard InChI is InChI=1S/C24H21Cl2FN2O/c1-28-13-23(30)24(15-5-4-6-17(27)11-15)29-14-20(19-7-2-3-8-22(19)29)18-10-9-16(25)12-21(18)26/h2-12,14,23-24,28,30H,13H2,1H3/t23-,24+/m1/s1. The third-order valence-electron chi connectivity index (χ3n) is 5.23. The third kappa shape index (κ3) is 3.96. The van der Waals surface area contributed by atoms with Crippen LogP contribution in [0.2, 0.25) is 10.0 Å². The fraction of sp³-hybridized carbons (Fsp3) is 0.167. The molecule has 0 saturated carbocycles. The number of aromatic nitrogens is 1. The van der Waals surface area contributed by atoms with Crippen LogP contribution in [0.25, 0.3) is 22.0 Å². The molecule has 0 radical (unpaired) electrons. The van der Waals surface area contributed by atoms with Crippen LogP contribution in [0.5, 0.6) is 0 Å². The van der Waals surface area contributed by atoms with Crippen molar-refractivity contribution in [3.63, 3.8) is 0 Å². The molecule has 4 aromatic rings. The Labute approximate surface area is 184 Å². The van der Waals surface area contributed by atoms with Crippen molar-refractivity contribution in [2.45, 2.75) is 12.1 Å². The van der Waals surface area contributed by atoms with E-state index >= 15 is 0 Å². The Kier molecular flexibility index (Phi) is 6.11. The molecule has 0 aliphatic carbocycles. The van der Waals surface area contributed by atoms with Gasteiger partial charge in [0.05, 0.1) is 12.1 Å². The van der Waals surface area contributed by atoms with Gasteiger partial charge in [-0.1, -0.05) is 59.6 Å². The molecule has 0 amide bonds. The van der Waals surface area contributed by atoms with E-state index in [-0.39, 0.29) is 5.82 Å². The number of hydrogen-bond acceptors (Lipinski definition) is 2. The van der Waals surface area contributed by atoms with Gasteiger partial charge in [-0.05, 0) is 42.9 Å². The molecule has 0 unspecified atom stereocenters. The van der Waals surface area contributed by atoms with Gasteiger partial charge in [0.1, 0.15) is 5.82 Å². The van der Waals surface area contributed by atoms with Crippen molar-refractivity contribution in [1.82, 2.24) is 9.88 Å². The molecule has 0 spiro atoms. The lowest BCUT2D eigenvalue weighted by atomic mass is 10.0. The van der Waals surface area contributed by atoms with E-state index in [0.29, 0.717) is 22.2 Å². The summed E-state index contributed by atoms with van der Waals surface area (Å²) in [4.78, 5) is 0. The first-order chi connectivity index (χ1) is 14.5. The molecule has 3 nitrogen and oxygen atoms in total. The molecular weight excluding hydrogens is 422 g/mol. The number of rotatable bonds is 6. The van der Waals surface area contributed by atoms with Crippen LogP contribution >= 0.6 is 23.2 Å². The Balaban J connectivity index is 1.96. The smallest absolute Gasteiger partial charge is 0.123 e. The van der Waals surface area contributed by atoms with E-state index in [0.717, 1.165) is 22.0 Å². The maximum atomic E-state index is 14.0. The van der Waals surface area contributed by atoms with Gasteiger partial charge in [0, 0.05) is 44.8 Å². The predicted octanol–water partition coefficient (Wildman–Crippen LogP) is 5.92. The lowest BCUT2D eigenvalue weighted by Crippen LogP contribution is -2.33. The van der Waals surface area contributed by atoms with Crippen molar-refractivity contribution >= 4 is 34.1 Å². The van der Waals surface area contributed by atoms with Crippen molar-refractivity contribution in [3.05, 3.63) is 94.4 Å². The highest BCUT2D eigenvalue weighted by molar-refractivity contribution is 6.36. The molecule has 4 rings (SSSR count). The number of nitrogens with zero attached hydrogens (tertiary/aromatic N) is 1. The highest BCUT2D eigenvalue weighted by Crippen LogP contribution is 2.39. The monoisotopic (exact) mass is 442 g/mol. The van der Waals surface area contributed by atoms with Crippen molar-refractivity contribution in [2.24, 2.45) is 0 Å². The van der Waals surface area contributed by atoms with E-state index in [4.69, 9.17) is 23.2 Å². The number of likely N-dealkylation sites (N-methyl/N-ethyl adjacent to an activating group) is 1. The number of nitrogens with one attached hydrogen (secondary N) is 1. The van der Waals surface area contributed by atoms with Gasteiger partial charge in [0.25, 0.3) is 0 Å². The van der Waals surface area contributed by atoms with Gasteiger partial charge in [-0.15, -0.1) is 0 Å². The average Bonchev–Trinajstić information content (AvgIpc) is 3.08. The minimum atomic E-state index is -0.777. The fourth-order valence-corrected chi connectivity index (χ4v) is 4.45. The SMILES string of the molecule is CNC[C@@H](O)[C@H](c1cccc(F)c1)n1cc(-c2ccc(Cl)cc2Cl)c2ccccc21. The average molecular weight is 443 g/mol. The summed E-state index contributed by atoms with van der Waals surface area (Å²) in [6.45, 7) is 0.352. The number of para-hydroxylation sites is 1. The van der Waals surface area contributed by atoms with E-state index < -0.39 is 12.1 Å². The van der Waals surface area contributed by atoms with E-state index in [1.807, 2.05) is 47.2 Å². The Morgan fingerprint density at radius 3 is 2.53 bits per heavy atom. The molecule has 0 aliphatic rings. The number of aliphatic hydroxyl groups excluding tert-OH is 1. The molecule has 0 bridgehead atoms. The molecule has 2 atom stereocenters. The van der Waals surface area contributed by atoms with Crippen molar-refractivity contribution in [1.29, 1.82) is 0 Å². The first-order valence-electron chi connectivity index (χ1n) is 9.62. The van der Waals surface area contributed by atoms with E-state index in [2.05, 4.69) is 5.32 Å². The molecule has 154 valence electrons. The summed E-state index contributed by atoms with van der Waals surface area (Å²) in [5.41, 5.74) is 3.37. The normalized spacial score (nSPS) is 13.5. The highest BCUT2D eigenvalue weighted by Gasteiger charge is 2.26. The van der Waals surface area contributed by atoms with Crippen LogP contribution in [-0.4, -0.2) is 29.4 Å². The second-order valence-electron chi connectivity index (χ2n) is 7.22. The fourth-order valence-electron chi connectivity index (χ4n) is 3.94. The first kappa shape index (κ1) is 20.9. The number of benzene rings is 3. The molecule has 0 fully saturated rings. The van der Waals surface area contributed by atoms with E-state index in [1.54, 1.807) is 25.2 Å². The van der Waals surface area contributed by atoms with Crippen LogP contribution in [0, 0.1) is 5.82 Å². The van der Waals surface area contributed by atoms with Crippen LogP contribution < -0.4 is 5.32 Å². The lowest BCUT2D eigenvalue weighted by Gasteiger charge is -2.26. The number of halogens is 3. The zero-order valence-corrected chi connectivity index (χ0v) is 17.8. The minimum Gasteiger partial charge on any atom is -0.389 e. The summed E-state index contributed by atoms with van der Waals surface area (Å²) in [6, 6.07) is 19.2. The van der Waals surface area contributed by atoms with Gasteiger partial charge in [0.2, 0.25) is 0 Å². The van der Waals surface area contributed by atoms with Crippen LogP contribution in [0.3, 0.4) is 0 Å². The molecular formula is C24H21Cl2FN2O. The van der Waals surface area contributed by atoms with Crippen LogP contribution in [0.1, 0.15) is 11.6 Å². The van der Waals surface area contributed by atoms with Crippen molar-refractivity contribution < 1.29 is 9.50 Å². The Hall–Kier alpha value is -2.37. The summed E-state index contributed by atoms with van der Waals surface area (Å²) in [5, 5.41) is 16.1. The largest absolute Gasteiger partial charge is 0.389 e. The Morgan fingerprint density at radius 2 is 1.80 bits per heavy atom. The zero-order valence-electron chi connectivity index (χ0n) is 16.3.